The summed E-state index contributed by atoms with van der Waals surface area (Å²) in [7, 11) is 0. The molecule has 0 aliphatic heterocycles. The van der Waals surface area contributed by atoms with Gasteiger partial charge >= 0.3 is 0 Å². The number of rotatable bonds is 4. The van der Waals surface area contributed by atoms with Crippen molar-refractivity contribution in [2.45, 2.75) is 6.10 Å². The number of primary amides is 1. The molecule has 70 valence electrons. The summed E-state index contributed by atoms with van der Waals surface area (Å²) >= 11 is 0. The highest BCUT2D eigenvalue weighted by Crippen LogP contribution is 2.08. The lowest BCUT2D eigenvalue weighted by atomic mass is 10.3. The van der Waals surface area contributed by atoms with Gasteiger partial charge < -0.3 is 15.6 Å². The van der Waals surface area contributed by atoms with E-state index in [0.717, 1.165) is 0 Å². The lowest BCUT2D eigenvalue weighted by Gasteiger charge is -2.08. The number of ether oxygens (including phenoxy) is 1. The van der Waals surface area contributed by atoms with E-state index in [1.807, 2.05) is 6.07 Å². The van der Waals surface area contributed by atoms with E-state index in [0.29, 0.717) is 5.75 Å². The van der Waals surface area contributed by atoms with Crippen molar-refractivity contribution in [2.75, 3.05) is 6.61 Å². The minimum absolute atomic E-state index is 0.112. The number of amides is 1. The molecule has 0 aromatic heterocycles. The van der Waals surface area contributed by atoms with Gasteiger partial charge in [-0.25, -0.2) is 0 Å². The second-order valence-corrected chi connectivity index (χ2v) is 2.54. The van der Waals surface area contributed by atoms with Crippen molar-refractivity contribution in [3.63, 3.8) is 0 Å². The van der Waals surface area contributed by atoms with E-state index < -0.39 is 12.0 Å². The highest BCUT2D eigenvalue weighted by Gasteiger charge is 2.10. The number of aliphatic hydroxyl groups is 1. The molecular formula is C9H11NO3. The first-order chi connectivity index (χ1) is 6.20. The molecule has 1 rings (SSSR count). The number of nitrogens with two attached hydrogens (primary N) is 1. The first-order valence-electron chi connectivity index (χ1n) is 3.85. The molecule has 4 nitrogen and oxygen atoms in total. The quantitative estimate of drug-likeness (QED) is 0.682. The number of hydrogen-bond donors (Lipinski definition) is 2. The van der Waals surface area contributed by atoms with Crippen LogP contribution < -0.4 is 10.5 Å². The maximum atomic E-state index is 10.4. The molecule has 3 N–H and O–H groups in total. The maximum Gasteiger partial charge on any atom is 0.249 e. The molecule has 0 saturated carbocycles. The molecule has 0 radical (unpaired) electrons. The molecule has 0 aliphatic rings. The Hall–Kier alpha value is -1.55. The smallest absolute Gasteiger partial charge is 0.249 e. The molecule has 4 heteroatoms. The van der Waals surface area contributed by atoms with Crippen LogP contribution >= 0.6 is 0 Å². The minimum Gasteiger partial charge on any atom is -0.490 e. The average Bonchev–Trinajstić information content (AvgIpc) is 2.15. The van der Waals surface area contributed by atoms with Crippen molar-refractivity contribution in [3.05, 3.63) is 30.3 Å². The Morgan fingerprint density at radius 1 is 1.46 bits per heavy atom. The fraction of sp³-hybridized carbons (Fsp3) is 0.222. The zero-order valence-electron chi connectivity index (χ0n) is 7.01. The Balaban J connectivity index is 2.39. The lowest BCUT2D eigenvalue weighted by molar-refractivity contribution is -0.127. The van der Waals surface area contributed by atoms with E-state index in [1.54, 1.807) is 24.3 Å². The summed E-state index contributed by atoms with van der Waals surface area (Å²) < 4.78 is 5.08. The van der Waals surface area contributed by atoms with E-state index in [9.17, 15) is 4.79 Å². The number of carbonyl (C=O) groups is 1. The van der Waals surface area contributed by atoms with Crippen LogP contribution in [0.15, 0.2) is 30.3 Å². The molecule has 1 amide bonds. The van der Waals surface area contributed by atoms with Gasteiger partial charge in [-0.05, 0) is 12.1 Å². The molecule has 1 atom stereocenters. The average molecular weight is 181 g/mol. The summed E-state index contributed by atoms with van der Waals surface area (Å²) in [5, 5.41) is 8.99. The number of para-hydroxylation sites is 1. The van der Waals surface area contributed by atoms with E-state index in [2.05, 4.69) is 0 Å². The molecule has 0 saturated heterocycles. The van der Waals surface area contributed by atoms with Crippen molar-refractivity contribution in [3.8, 4) is 5.75 Å². The van der Waals surface area contributed by atoms with Gasteiger partial charge in [0.15, 0.2) is 6.10 Å². The van der Waals surface area contributed by atoms with E-state index >= 15 is 0 Å². The summed E-state index contributed by atoms with van der Waals surface area (Å²) in [6.07, 6.45) is -1.25. The molecule has 1 aromatic carbocycles. The molecule has 0 spiro atoms. The van der Waals surface area contributed by atoms with Crippen LogP contribution in [-0.4, -0.2) is 23.7 Å². The Morgan fingerprint density at radius 3 is 2.62 bits per heavy atom. The Bertz CT molecular complexity index is 273. The second-order valence-electron chi connectivity index (χ2n) is 2.54. The highest BCUT2D eigenvalue weighted by atomic mass is 16.5. The third kappa shape index (κ3) is 3.13. The summed E-state index contributed by atoms with van der Waals surface area (Å²) in [6, 6.07) is 8.90. The number of carbonyl (C=O) groups excluding carboxylic acids is 1. The van der Waals surface area contributed by atoms with Crippen molar-refractivity contribution in [2.24, 2.45) is 5.73 Å². The molecule has 0 bridgehead atoms. The van der Waals surface area contributed by atoms with E-state index in [1.165, 1.54) is 0 Å². The number of hydrogen-bond acceptors (Lipinski definition) is 3. The second kappa shape index (κ2) is 4.47. The summed E-state index contributed by atoms with van der Waals surface area (Å²) in [5.41, 5.74) is 4.83. The predicted molar refractivity (Wildman–Crippen MR) is 47.1 cm³/mol. The highest BCUT2D eigenvalue weighted by molar-refractivity contribution is 5.78. The predicted octanol–water partition coefficient (Wildman–Crippen LogP) is -0.0884. The zero-order chi connectivity index (χ0) is 9.68. The summed E-state index contributed by atoms with van der Waals surface area (Å²) in [5.74, 6) is -0.182. The van der Waals surface area contributed by atoms with Gasteiger partial charge in [-0.2, -0.15) is 0 Å². The molecular weight excluding hydrogens is 170 g/mol. The van der Waals surface area contributed by atoms with Crippen LogP contribution in [0.25, 0.3) is 0 Å². The van der Waals surface area contributed by atoms with Gasteiger partial charge in [0.2, 0.25) is 5.91 Å². The van der Waals surface area contributed by atoms with Crippen LogP contribution in [0.5, 0.6) is 5.75 Å². The van der Waals surface area contributed by atoms with Gasteiger partial charge in [-0.1, -0.05) is 18.2 Å². The van der Waals surface area contributed by atoms with Gasteiger partial charge in [-0.15, -0.1) is 0 Å². The lowest BCUT2D eigenvalue weighted by Crippen LogP contribution is -2.33. The van der Waals surface area contributed by atoms with Crippen LogP contribution in [0.2, 0.25) is 0 Å². The van der Waals surface area contributed by atoms with Gasteiger partial charge in [0.25, 0.3) is 0 Å². The van der Waals surface area contributed by atoms with E-state index in [4.69, 9.17) is 15.6 Å². The molecule has 0 fully saturated rings. The first kappa shape index (κ1) is 9.54. The molecule has 0 heterocycles. The molecule has 0 aliphatic carbocycles. The third-order valence-electron chi connectivity index (χ3n) is 1.48. The van der Waals surface area contributed by atoms with Gasteiger partial charge in [0, 0.05) is 0 Å². The van der Waals surface area contributed by atoms with Crippen LogP contribution in [0.3, 0.4) is 0 Å². The van der Waals surface area contributed by atoms with Gasteiger partial charge in [-0.3, -0.25) is 4.79 Å². The number of aliphatic hydroxyl groups excluding tert-OH is 1. The molecule has 13 heavy (non-hydrogen) atoms. The number of benzene rings is 1. The summed E-state index contributed by atoms with van der Waals surface area (Å²) in [4.78, 5) is 10.4. The Labute approximate surface area is 75.9 Å². The maximum absolute atomic E-state index is 10.4. The van der Waals surface area contributed by atoms with Crippen LogP contribution in [0, 0.1) is 0 Å². The van der Waals surface area contributed by atoms with Crippen molar-refractivity contribution in [1.82, 2.24) is 0 Å². The van der Waals surface area contributed by atoms with Crippen molar-refractivity contribution in [1.29, 1.82) is 0 Å². The largest absolute Gasteiger partial charge is 0.490 e. The standard InChI is InChI=1S/C9H11NO3/c10-9(12)8(11)6-13-7-4-2-1-3-5-7/h1-5,8,11H,6H2,(H2,10,12)/t8-/m1/s1. The summed E-state index contributed by atoms with van der Waals surface area (Å²) in [6.45, 7) is -0.112. The Kier molecular flexibility index (Phi) is 3.28. The van der Waals surface area contributed by atoms with Gasteiger partial charge in [0.1, 0.15) is 12.4 Å². The van der Waals surface area contributed by atoms with Crippen molar-refractivity contribution < 1.29 is 14.6 Å². The fourth-order valence-electron chi connectivity index (χ4n) is 0.774. The third-order valence-corrected chi connectivity index (χ3v) is 1.48. The van der Waals surface area contributed by atoms with Crippen LogP contribution in [-0.2, 0) is 4.79 Å². The molecule has 0 unspecified atom stereocenters. The monoisotopic (exact) mass is 181 g/mol. The van der Waals surface area contributed by atoms with Crippen molar-refractivity contribution >= 4 is 5.91 Å². The van der Waals surface area contributed by atoms with Gasteiger partial charge in [0.05, 0.1) is 0 Å². The topological polar surface area (TPSA) is 72.6 Å². The van der Waals surface area contributed by atoms with E-state index in [-0.39, 0.29) is 6.61 Å². The normalized spacial score (nSPS) is 12.1. The molecule has 1 aromatic rings. The first-order valence-corrected chi connectivity index (χ1v) is 3.85. The fourth-order valence-corrected chi connectivity index (χ4v) is 0.774. The zero-order valence-corrected chi connectivity index (χ0v) is 7.01. The van der Waals surface area contributed by atoms with Crippen LogP contribution in [0.4, 0.5) is 0 Å². The van der Waals surface area contributed by atoms with Crippen LogP contribution in [0.1, 0.15) is 0 Å². The SMILES string of the molecule is NC(=O)[C@H](O)COc1ccccc1. The minimum atomic E-state index is -1.25. The Morgan fingerprint density at radius 2 is 2.08 bits per heavy atom.